The standard InChI is InChI=1S/C15H14ClN5O/c1-9-6-12-13(7-11(9)16)22-8-14-18-19-15(21(12)14)10(2)20-5-3-4-17-20/h3-7,10H,8H2,1-2H3. The Labute approximate surface area is 132 Å². The number of hydrogen-bond acceptors (Lipinski definition) is 4. The highest BCUT2D eigenvalue weighted by molar-refractivity contribution is 6.31. The first kappa shape index (κ1) is 13.3. The second-order valence-corrected chi connectivity index (χ2v) is 5.74. The molecule has 1 aliphatic rings. The Morgan fingerprint density at radius 3 is 2.95 bits per heavy atom. The van der Waals surface area contributed by atoms with E-state index in [1.54, 1.807) is 6.20 Å². The predicted octanol–water partition coefficient (Wildman–Crippen LogP) is 2.93. The molecule has 3 aromatic rings. The fraction of sp³-hybridized carbons (Fsp3) is 0.267. The van der Waals surface area contributed by atoms with E-state index in [9.17, 15) is 0 Å². The minimum absolute atomic E-state index is 0.0295. The van der Waals surface area contributed by atoms with Crippen molar-refractivity contribution in [2.24, 2.45) is 0 Å². The van der Waals surface area contributed by atoms with E-state index in [1.165, 1.54) is 0 Å². The summed E-state index contributed by atoms with van der Waals surface area (Å²) in [5.41, 5.74) is 1.91. The van der Waals surface area contributed by atoms with Gasteiger partial charge in [0, 0.05) is 23.5 Å². The first-order valence-corrected chi connectivity index (χ1v) is 7.39. The van der Waals surface area contributed by atoms with Crippen LogP contribution in [0.15, 0.2) is 30.6 Å². The molecule has 4 rings (SSSR count). The van der Waals surface area contributed by atoms with Crippen LogP contribution in [-0.2, 0) is 6.61 Å². The summed E-state index contributed by atoms with van der Waals surface area (Å²) in [7, 11) is 0. The second-order valence-electron chi connectivity index (χ2n) is 5.33. The number of rotatable bonds is 2. The number of ether oxygens (including phenoxy) is 1. The van der Waals surface area contributed by atoms with Crippen molar-refractivity contribution in [2.75, 3.05) is 0 Å². The smallest absolute Gasteiger partial charge is 0.175 e. The van der Waals surface area contributed by atoms with E-state index >= 15 is 0 Å². The van der Waals surface area contributed by atoms with Crippen molar-refractivity contribution in [2.45, 2.75) is 26.5 Å². The van der Waals surface area contributed by atoms with Gasteiger partial charge in [0.1, 0.15) is 18.4 Å². The SMILES string of the molecule is Cc1cc2c(cc1Cl)OCc1nnc(C(C)n3cccn3)n1-2. The number of fused-ring (bicyclic) bond motifs is 3. The summed E-state index contributed by atoms with van der Waals surface area (Å²) in [6.07, 6.45) is 3.67. The molecular formula is C15H14ClN5O. The van der Waals surface area contributed by atoms with Crippen LogP contribution in [0.1, 0.15) is 30.2 Å². The Morgan fingerprint density at radius 2 is 2.18 bits per heavy atom. The molecule has 2 aromatic heterocycles. The molecule has 0 saturated carbocycles. The fourth-order valence-electron chi connectivity index (χ4n) is 2.67. The lowest BCUT2D eigenvalue weighted by Gasteiger charge is -2.22. The van der Waals surface area contributed by atoms with Gasteiger partial charge in [-0.05, 0) is 31.5 Å². The van der Waals surface area contributed by atoms with Crippen LogP contribution in [0.5, 0.6) is 5.75 Å². The third-order valence-electron chi connectivity index (χ3n) is 3.89. The van der Waals surface area contributed by atoms with Gasteiger partial charge in [0.2, 0.25) is 0 Å². The molecule has 1 atom stereocenters. The normalized spacial score (nSPS) is 14.1. The van der Waals surface area contributed by atoms with Crippen LogP contribution in [0.25, 0.3) is 5.69 Å². The zero-order valence-corrected chi connectivity index (χ0v) is 12.9. The van der Waals surface area contributed by atoms with Gasteiger partial charge in [-0.2, -0.15) is 5.10 Å². The lowest BCUT2D eigenvalue weighted by atomic mass is 10.1. The third-order valence-corrected chi connectivity index (χ3v) is 4.30. The molecule has 0 aliphatic carbocycles. The van der Waals surface area contributed by atoms with Crippen molar-refractivity contribution in [3.8, 4) is 11.4 Å². The molecule has 112 valence electrons. The second kappa shape index (κ2) is 4.84. The molecule has 0 fully saturated rings. The first-order valence-electron chi connectivity index (χ1n) is 7.02. The maximum absolute atomic E-state index is 6.20. The van der Waals surface area contributed by atoms with Crippen LogP contribution in [0, 0.1) is 6.92 Å². The number of benzene rings is 1. The zero-order valence-electron chi connectivity index (χ0n) is 12.2. The third kappa shape index (κ3) is 1.91. The molecule has 0 spiro atoms. The first-order chi connectivity index (χ1) is 10.6. The van der Waals surface area contributed by atoms with E-state index in [0.717, 1.165) is 28.6 Å². The largest absolute Gasteiger partial charge is 0.483 e. The minimum Gasteiger partial charge on any atom is -0.483 e. The molecule has 0 saturated heterocycles. The van der Waals surface area contributed by atoms with Crippen LogP contribution < -0.4 is 4.74 Å². The van der Waals surface area contributed by atoms with Gasteiger partial charge in [-0.15, -0.1) is 10.2 Å². The van der Waals surface area contributed by atoms with Crippen molar-refractivity contribution >= 4 is 11.6 Å². The Kier molecular flexibility index (Phi) is 2.94. The van der Waals surface area contributed by atoms with Gasteiger partial charge in [0.25, 0.3) is 0 Å². The van der Waals surface area contributed by atoms with E-state index in [2.05, 4.69) is 15.3 Å². The number of aromatic nitrogens is 5. The minimum atomic E-state index is -0.0295. The Hall–Kier alpha value is -2.34. The van der Waals surface area contributed by atoms with Gasteiger partial charge in [0.15, 0.2) is 11.6 Å². The molecule has 1 aliphatic heterocycles. The van der Waals surface area contributed by atoms with E-state index in [0.29, 0.717) is 11.6 Å². The van der Waals surface area contributed by atoms with Crippen LogP contribution in [-0.4, -0.2) is 24.5 Å². The van der Waals surface area contributed by atoms with E-state index in [4.69, 9.17) is 16.3 Å². The fourth-order valence-corrected chi connectivity index (χ4v) is 2.82. The number of halogens is 1. The zero-order chi connectivity index (χ0) is 15.3. The van der Waals surface area contributed by atoms with Crippen LogP contribution >= 0.6 is 11.6 Å². The lowest BCUT2D eigenvalue weighted by Crippen LogP contribution is -2.19. The highest BCUT2D eigenvalue weighted by Crippen LogP contribution is 2.35. The summed E-state index contributed by atoms with van der Waals surface area (Å²) in [5.74, 6) is 2.35. The van der Waals surface area contributed by atoms with Gasteiger partial charge in [-0.25, -0.2) is 0 Å². The molecule has 0 bridgehead atoms. The van der Waals surface area contributed by atoms with Crippen LogP contribution in [0.3, 0.4) is 0 Å². The van der Waals surface area contributed by atoms with Crippen LogP contribution in [0.2, 0.25) is 5.02 Å². The average molecular weight is 316 g/mol. The maximum Gasteiger partial charge on any atom is 0.175 e. The highest BCUT2D eigenvalue weighted by atomic mass is 35.5. The van der Waals surface area contributed by atoms with Crippen LogP contribution in [0.4, 0.5) is 0 Å². The molecule has 0 radical (unpaired) electrons. The quantitative estimate of drug-likeness (QED) is 0.729. The topological polar surface area (TPSA) is 57.8 Å². The van der Waals surface area contributed by atoms with Gasteiger partial charge in [0.05, 0.1) is 5.69 Å². The number of aryl methyl sites for hydroxylation is 1. The van der Waals surface area contributed by atoms with Gasteiger partial charge >= 0.3 is 0 Å². The van der Waals surface area contributed by atoms with Crippen molar-refractivity contribution in [1.82, 2.24) is 24.5 Å². The molecule has 0 amide bonds. The molecule has 22 heavy (non-hydrogen) atoms. The Morgan fingerprint density at radius 1 is 1.32 bits per heavy atom. The summed E-state index contributed by atoms with van der Waals surface area (Å²) in [6.45, 7) is 4.39. The van der Waals surface area contributed by atoms with E-state index in [1.807, 2.05) is 47.5 Å². The Balaban J connectivity index is 1.89. The molecule has 1 aromatic carbocycles. The van der Waals surface area contributed by atoms with Crippen molar-refractivity contribution in [1.29, 1.82) is 0 Å². The average Bonchev–Trinajstić information content (AvgIpc) is 3.17. The summed E-state index contributed by atoms with van der Waals surface area (Å²) in [5, 5.41) is 13.6. The van der Waals surface area contributed by atoms with Gasteiger partial charge < -0.3 is 4.74 Å². The predicted molar refractivity (Wildman–Crippen MR) is 81.5 cm³/mol. The van der Waals surface area contributed by atoms with Crippen molar-refractivity contribution in [3.63, 3.8) is 0 Å². The summed E-state index contributed by atoms with van der Waals surface area (Å²) in [6, 6.07) is 5.71. The molecule has 0 N–H and O–H groups in total. The number of nitrogens with zero attached hydrogens (tertiary/aromatic N) is 5. The highest BCUT2D eigenvalue weighted by Gasteiger charge is 2.26. The van der Waals surface area contributed by atoms with Gasteiger partial charge in [-0.1, -0.05) is 11.6 Å². The summed E-state index contributed by atoms with van der Waals surface area (Å²) in [4.78, 5) is 0. The summed E-state index contributed by atoms with van der Waals surface area (Å²) >= 11 is 6.20. The monoisotopic (exact) mass is 315 g/mol. The Bertz CT molecular complexity index is 840. The molecule has 7 heteroatoms. The molecule has 3 heterocycles. The number of hydrogen-bond donors (Lipinski definition) is 0. The lowest BCUT2D eigenvalue weighted by molar-refractivity contribution is 0.278. The van der Waals surface area contributed by atoms with Gasteiger partial charge in [-0.3, -0.25) is 9.25 Å². The van der Waals surface area contributed by atoms with Crippen molar-refractivity contribution < 1.29 is 4.74 Å². The molecular weight excluding hydrogens is 302 g/mol. The summed E-state index contributed by atoms with van der Waals surface area (Å²) < 4.78 is 9.63. The maximum atomic E-state index is 6.20. The van der Waals surface area contributed by atoms with Crippen molar-refractivity contribution in [3.05, 3.63) is 52.8 Å². The van der Waals surface area contributed by atoms with E-state index < -0.39 is 0 Å². The molecule has 6 nitrogen and oxygen atoms in total. The molecule has 1 unspecified atom stereocenters. The van der Waals surface area contributed by atoms with E-state index in [-0.39, 0.29) is 6.04 Å².